The van der Waals surface area contributed by atoms with Crippen LogP contribution in [0, 0.1) is 10.1 Å². The van der Waals surface area contributed by atoms with Crippen molar-refractivity contribution in [3.8, 4) is 5.75 Å². The van der Waals surface area contributed by atoms with E-state index in [4.69, 9.17) is 4.74 Å². The highest BCUT2D eigenvalue weighted by Crippen LogP contribution is 2.30. The van der Waals surface area contributed by atoms with Crippen molar-refractivity contribution in [2.45, 2.75) is 11.8 Å². The van der Waals surface area contributed by atoms with Gasteiger partial charge in [0.1, 0.15) is 0 Å². The average molecular weight is 355 g/mol. The number of nitrogens with zero attached hydrogens (tertiary/aromatic N) is 3. The third kappa shape index (κ3) is 3.92. The van der Waals surface area contributed by atoms with Gasteiger partial charge in [0.15, 0.2) is 5.75 Å². The molecule has 1 aromatic carbocycles. The number of nitro benzene ring substituents is 1. The molecule has 0 atom stereocenters. The van der Waals surface area contributed by atoms with Crippen LogP contribution in [0.25, 0.3) is 0 Å². The Bertz CT molecular complexity index is 739. The van der Waals surface area contributed by atoms with Crippen LogP contribution < -0.4 is 4.74 Å². The first-order chi connectivity index (χ1) is 11.3. The van der Waals surface area contributed by atoms with Crippen molar-refractivity contribution in [1.82, 2.24) is 9.21 Å². The molecule has 0 N–H and O–H groups in total. The molecule has 132 valence electrons. The summed E-state index contributed by atoms with van der Waals surface area (Å²) in [6.07, 6.45) is 0. The van der Waals surface area contributed by atoms with Crippen LogP contribution in [0.4, 0.5) is 5.69 Å². The molecule has 24 heavy (non-hydrogen) atoms. The van der Waals surface area contributed by atoms with Gasteiger partial charge in [-0.05, 0) is 19.1 Å². The van der Waals surface area contributed by atoms with Crippen molar-refractivity contribution in [2.75, 3.05) is 39.8 Å². The summed E-state index contributed by atoms with van der Waals surface area (Å²) in [5.74, 6) is 0.0326. The molecule has 0 aliphatic carbocycles. The Labute approximate surface area is 141 Å². The second-order valence-corrected chi connectivity index (χ2v) is 7.67. The summed E-state index contributed by atoms with van der Waals surface area (Å²) < 4.78 is 31.7. The van der Waals surface area contributed by atoms with Crippen molar-refractivity contribution in [3.63, 3.8) is 0 Å². The molecule has 0 spiro atoms. The Morgan fingerprint density at radius 3 is 2.46 bits per heavy atom. The van der Waals surface area contributed by atoms with Gasteiger partial charge < -0.3 is 4.74 Å². The second-order valence-electron chi connectivity index (χ2n) is 5.73. The molecule has 1 heterocycles. The third-order valence-corrected chi connectivity index (χ3v) is 5.70. The first kappa shape index (κ1) is 18.4. The summed E-state index contributed by atoms with van der Waals surface area (Å²) in [5, 5.41) is 11.1. The van der Waals surface area contributed by atoms with E-state index < -0.39 is 14.9 Å². The largest absolute Gasteiger partial charge is 0.490 e. The van der Waals surface area contributed by atoms with Gasteiger partial charge in [-0.25, -0.2) is 8.42 Å². The quantitative estimate of drug-likeness (QED) is 0.436. The highest BCUT2D eigenvalue weighted by Gasteiger charge is 2.30. The van der Waals surface area contributed by atoms with Gasteiger partial charge in [-0.1, -0.05) is 12.2 Å². The number of piperazine rings is 1. The molecule has 2 rings (SSSR count). The number of nitro groups is 1. The van der Waals surface area contributed by atoms with Crippen LogP contribution in [0.1, 0.15) is 6.92 Å². The molecule has 1 aliphatic rings. The molecule has 9 heteroatoms. The predicted octanol–water partition coefficient (Wildman–Crippen LogP) is 1.49. The van der Waals surface area contributed by atoms with Gasteiger partial charge >= 0.3 is 5.69 Å². The number of hydrogen-bond donors (Lipinski definition) is 0. The molecule has 0 bridgehead atoms. The van der Waals surface area contributed by atoms with E-state index >= 15 is 0 Å². The molecule has 0 saturated carbocycles. The molecule has 0 amide bonds. The second kappa shape index (κ2) is 7.29. The average Bonchev–Trinajstić information content (AvgIpc) is 2.54. The fourth-order valence-electron chi connectivity index (χ4n) is 2.63. The van der Waals surface area contributed by atoms with E-state index in [2.05, 4.69) is 11.5 Å². The zero-order valence-corrected chi connectivity index (χ0v) is 14.6. The Hall–Kier alpha value is -1.97. The monoisotopic (exact) mass is 355 g/mol. The van der Waals surface area contributed by atoms with E-state index in [0.717, 1.165) is 18.2 Å². The Kier molecular flexibility index (Phi) is 5.58. The van der Waals surface area contributed by atoms with Gasteiger partial charge in [0, 0.05) is 38.8 Å². The molecule has 1 aromatic rings. The summed E-state index contributed by atoms with van der Waals surface area (Å²) in [6.45, 7) is 8.41. The number of ether oxygens (including phenoxy) is 1. The molecular weight excluding hydrogens is 334 g/mol. The number of hydrogen-bond acceptors (Lipinski definition) is 6. The van der Waals surface area contributed by atoms with E-state index in [9.17, 15) is 18.5 Å². The minimum absolute atomic E-state index is 0.0326. The minimum atomic E-state index is -3.77. The maximum absolute atomic E-state index is 12.7. The lowest BCUT2D eigenvalue weighted by molar-refractivity contribution is -0.386. The van der Waals surface area contributed by atoms with Crippen molar-refractivity contribution in [2.24, 2.45) is 0 Å². The van der Waals surface area contributed by atoms with E-state index in [-0.39, 0.29) is 16.3 Å². The van der Waals surface area contributed by atoms with Gasteiger partial charge in [-0.2, -0.15) is 4.31 Å². The van der Waals surface area contributed by atoms with Gasteiger partial charge in [0.25, 0.3) is 0 Å². The van der Waals surface area contributed by atoms with Crippen molar-refractivity contribution in [3.05, 3.63) is 40.5 Å². The number of rotatable bonds is 6. The highest BCUT2D eigenvalue weighted by molar-refractivity contribution is 7.89. The summed E-state index contributed by atoms with van der Waals surface area (Å²) in [4.78, 5) is 12.5. The van der Waals surface area contributed by atoms with Crippen LogP contribution in [-0.2, 0) is 10.0 Å². The maximum Gasteiger partial charge on any atom is 0.312 e. The van der Waals surface area contributed by atoms with Crippen LogP contribution in [0.2, 0.25) is 0 Å². The third-order valence-electron chi connectivity index (χ3n) is 3.81. The molecule has 1 fully saturated rings. The topological polar surface area (TPSA) is 93.0 Å². The standard InChI is InChI=1S/C15H21N3O5S/c1-12(2)11-16-6-8-17(9-7-16)24(21,22)13-4-5-15(23-3)14(10-13)18(19)20/h4-5,10H,1,6-9,11H2,2-3H3. The number of benzene rings is 1. The minimum Gasteiger partial charge on any atom is -0.490 e. The molecule has 1 saturated heterocycles. The normalized spacial score (nSPS) is 16.8. The van der Waals surface area contributed by atoms with E-state index in [1.54, 1.807) is 0 Å². The first-order valence-electron chi connectivity index (χ1n) is 7.45. The Balaban J connectivity index is 2.21. The number of sulfonamides is 1. The van der Waals surface area contributed by atoms with Crippen LogP contribution in [0.5, 0.6) is 5.75 Å². The van der Waals surface area contributed by atoms with Crippen LogP contribution in [-0.4, -0.2) is 62.4 Å². The van der Waals surface area contributed by atoms with E-state index in [1.807, 2.05) is 6.92 Å². The molecule has 1 aliphatic heterocycles. The van der Waals surface area contributed by atoms with E-state index in [1.165, 1.54) is 23.5 Å². The fraction of sp³-hybridized carbons (Fsp3) is 0.467. The molecule has 8 nitrogen and oxygen atoms in total. The van der Waals surface area contributed by atoms with Gasteiger partial charge in [0.2, 0.25) is 10.0 Å². The number of methoxy groups -OCH3 is 1. The maximum atomic E-state index is 12.7. The zero-order valence-electron chi connectivity index (χ0n) is 13.8. The van der Waals surface area contributed by atoms with Gasteiger partial charge in [0.05, 0.1) is 16.9 Å². The van der Waals surface area contributed by atoms with Crippen LogP contribution >= 0.6 is 0 Å². The Morgan fingerprint density at radius 1 is 1.33 bits per heavy atom. The molecule has 0 aromatic heterocycles. The summed E-state index contributed by atoms with van der Waals surface area (Å²) in [7, 11) is -2.47. The fourth-order valence-corrected chi connectivity index (χ4v) is 4.07. The van der Waals surface area contributed by atoms with Crippen molar-refractivity contribution >= 4 is 15.7 Å². The zero-order chi connectivity index (χ0) is 17.9. The molecule has 0 radical (unpaired) electrons. The van der Waals surface area contributed by atoms with Crippen molar-refractivity contribution < 1.29 is 18.1 Å². The highest BCUT2D eigenvalue weighted by atomic mass is 32.2. The predicted molar refractivity (Wildman–Crippen MR) is 89.7 cm³/mol. The molecular formula is C15H21N3O5S. The lowest BCUT2D eigenvalue weighted by atomic mass is 10.3. The van der Waals surface area contributed by atoms with Gasteiger partial charge in [-0.15, -0.1) is 0 Å². The van der Waals surface area contributed by atoms with Crippen LogP contribution in [0.3, 0.4) is 0 Å². The Morgan fingerprint density at radius 2 is 1.96 bits per heavy atom. The molecule has 0 unspecified atom stereocenters. The SMILES string of the molecule is C=C(C)CN1CCN(S(=O)(=O)c2ccc(OC)c([N+](=O)[O-])c2)CC1. The van der Waals surface area contributed by atoms with Gasteiger partial charge in [-0.3, -0.25) is 15.0 Å². The summed E-state index contributed by atoms with van der Waals surface area (Å²) >= 11 is 0. The van der Waals surface area contributed by atoms with E-state index in [0.29, 0.717) is 26.2 Å². The van der Waals surface area contributed by atoms with Crippen LogP contribution in [0.15, 0.2) is 35.2 Å². The first-order valence-corrected chi connectivity index (χ1v) is 8.89. The van der Waals surface area contributed by atoms with Crippen molar-refractivity contribution in [1.29, 1.82) is 0 Å². The lowest BCUT2D eigenvalue weighted by Crippen LogP contribution is -2.48. The smallest absolute Gasteiger partial charge is 0.312 e. The summed E-state index contributed by atoms with van der Waals surface area (Å²) in [6, 6.07) is 3.69. The lowest BCUT2D eigenvalue weighted by Gasteiger charge is -2.34. The summed E-state index contributed by atoms with van der Waals surface area (Å²) in [5.41, 5.74) is 0.663.